The zero-order valence-electron chi connectivity index (χ0n) is 11.0. The molecule has 1 fully saturated rings. The Morgan fingerprint density at radius 2 is 1.63 bits per heavy atom. The van der Waals surface area contributed by atoms with Crippen LogP contribution in [0.2, 0.25) is 0 Å². The minimum absolute atomic E-state index is 0.0224. The summed E-state index contributed by atoms with van der Waals surface area (Å²) in [6.07, 6.45) is 8.62. The predicted octanol–water partition coefficient (Wildman–Crippen LogP) is -0.419. The minimum Gasteiger partial charge on any atom is -0.389 e. The fourth-order valence-corrected chi connectivity index (χ4v) is 4.96. The highest BCUT2D eigenvalue weighted by molar-refractivity contribution is 7.17. The molecule has 0 amide bonds. The molecular formula is C14H24N3OP. The second kappa shape index (κ2) is 4.94. The normalized spacial score (nSPS) is 56.6. The predicted molar refractivity (Wildman–Crippen MR) is 80.3 cm³/mol. The van der Waals surface area contributed by atoms with Crippen LogP contribution < -0.4 is 17.2 Å². The molecule has 3 rings (SSSR count). The molecule has 0 heterocycles. The van der Waals surface area contributed by atoms with Gasteiger partial charge in [0, 0.05) is 30.0 Å². The SMILES string of the molecule is NC1C=CC(O)C2C(N)C(C3C=CC3)C(P)C(N)C12. The van der Waals surface area contributed by atoms with Crippen LogP contribution in [0.15, 0.2) is 24.3 Å². The Labute approximate surface area is 116 Å². The Morgan fingerprint density at radius 3 is 2.21 bits per heavy atom. The second-order valence-electron chi connectivity index (χ2n) is 6.24. The highest BCUT2D eigenvalue weighted by atomic mass is 31.0. The van der Waals surface area contributed by atoms with Crippen molar-refractivity contribution >= 4 is 9.24 Å². The van der Waals surface area contributed by atoms with Gasteiger partial charge in [0.25, 0.3) is 0 Å². The molecule has 0 aromatic carbocycles. The van der Waals surface area contributed by atoms with Gasteiger partial charge >= 0.3 is 0 Å². The summed E-state index contributed by atoms with van der Waals surface area (Å²) in [7, 11) is 2.88. The molecule has 0 bridgehead atoms. The first-order valence-electron chi connectivity index (χ1n) is 7.07. The Hall–Kier alpha value is -0.250. The molecule has 0 aromatic heterocycles. The third-order valence-electron chi connectivity index (χ3n) is 5.32. The van der Waals surface area contributed by atoms with E-state index in [1.54, 1.807) is 6.08 Å². The number of rotatable bonds is 1. The lowest BCUT2D eigenvalue weighted by Crippen LogP contribution is -2.67. The Morgan fingerprint density at radius 1 is 0.947 bits per heavy atom. The topological polar surface area (TPSA) is 98.3 Å². The third-order valence-corrected chi connectivity index (χ3v) is 6.21. The van der Waals surface area contributed by atoms with Gasteiger partial charge in [-0.25, -0.2) is 0 Å². The lowest BCUT2D eigenvalue weighted by molar-refractivity contribution is 0.00865. The van der Waals surface area contributed by atoms with Gasteiger partial charge in [0.2, 0.25) is 0 Å². The van der Waals surface area contributed by atoms with Crippen molar-refractivity contribution in [2.75, 3.05) is 0 Å². The number of hydrogen-bond donors (Lipinski definition) is 4. The van der Waals surface area contributed by atoms with Crippen LogP contribution in [0.3, 0.4) is 0 Å². The van der Waals surface area contributed by atoms with Gasteiger partial charge in [-0.1, -0.05) is 24.3 Å². The molecule has 19 heavy (non-hydrogen) atoms. The maximum Gasteiger partial charge on any atom is 0.0768 e. The summed E-state index contributed by atoms with van der Waals surface area (Å²) in [4.78, 5) is 0. The van der Waals surface area contributed by atoms with Gasteiger partial charge in [-0.2, -0.15) is 0 Å². The number of hydrogen-bond acceptors (Lipinski definition) is 4. The second-order valence-corrected chi connectivity index (χ2v) is 7.01. The molecule has 7 N–H and O–H groups in total. The molecule has 0 aromatic rings. The maximum absolute atomic E-state index is 10.3. The molecule has 0 aliphatic heterocycles. The number of allylic oxidation sites excluding steroid dienone is 2. The molecule has 10 atom stereocenters. The summed E-state index contributed by atoms with van der Waals surface area (Å²) in [6, 6.07) is -0.174. The summed E-state index contributed by atoms with van der Waals surface area (Å²) < 4.78 is 0. The molecule has 106 valence electrons. The van der Waals surface area contributed by atoms with Gasteiger partial charge < -0.3 is 22.3 Å². The van der Waals surface area contributed by atoms with E-state index < -0.39 is 6.10 Å². The van der Waals surface area contributed by atoms with E-state index >= 15 is 0 Å². The first kappa shape index (κ1) is 13.7. The standard InChI is InChI=1S/C14H24N3OP/c15-7-4-5-8(18)11-10(7)13(17)14(19)9(12(11)16)6-2-1-3-6/h1-2,4-14,18H,3,15-17,19H2. The largest absolute Gasteiger partial charge is 0.389 e. The highest BCUT2D eigenvalue weighted by Gasteiger charge is 2.52. The average Bonchev–Trinajstić information content (AvgIpc) is 2.32. The van der Waals surface area contributed by atoms with Crippen LogP contribution in [0.5, 0.6) is 0 Å². The minimum atomic E-state index is -0.519. The van der Waals surface area contributed by atoms with Crippen LogP contribution in [0.1, 0.15) is 6.42 Å². The molecule has 4 nitrogen and oxygen atoms in total. The van der Waals surface area contributed by atoms with E-state index in [0.717, 1.165) is 6.42 Å². The molecule has 10 unspecified atom stereocenters. The summed E-state index contributed by atoms with van der Waals surface area (Å²) in [5.41, 5.74) is 19.4. The molecule has 1 saturated carbocycles. The molecule has 0 spiro atoms. The summed E-state index contributed by atoms with van der Waals surface area (Å²) >= 11 is 0. The Balaban J connectivity index is 1.93. The summed E-state index contributed by atoms with van der Waals surface area (Å²) in [5.74, 6) is 0.863. The molecule has 0 radical (unpaired) electrons. The van der Waals surface area contributed by atoms with E-state index in [-0.39, 0.29) is 35.6 Å². The first-order chi connectivity index (χ1) is 9.02. The van der Waals surface area contributed by atoms with Gasteiger partial charge in [0.05, 0.1) is 6.10 Å². The first-order valence-corrected chi connectivity index (χ1v) is 7.74. The van der Waals surface area contributed by atoms with Gasteiger partial charge in [-0.15, -0.1) is 9.24 Å². The van der Waals surface area contributed by atoms with Crippen LogP contribution in [0, 0.1) is 23.7 Å². The average molecular weight is 281 g/mol. The van der Waals surface area contributed by atoms with E-state index in [9.17, 15) is 5.11 Å². The Kier molecular flexibility index (Phi) is 3.57. The lowest BCUT2D eigenvalue weighted by Gasteiger charge is -2.54. The highest BCUT2D eigenvalue weighted by Crippen LogP contribution is 2.46. The van der Waals surface area contributed by atoms with Gasteiger partial charge in [-0.05, 0) is 23.9 Å². The van der Waals surface area contributed by atoms with Crippen molar-refractivity contribution in [3.63, 3.8) is 0 Å². The van der Waals surface area contributed by atoms with E-state index in [4.69, 9.17) is 17.2 Å². The number of nitrogens with two attached hydrogens (primary N) is 3. The monoisotopic (exact) mass is 281 g/mol. The van der Waals surface area contributed by atoms with Crippen LogP contribution in [-0.2, 0) is 0 Å². The third kappa shape index (κ3) is 2.01. The van der Waals surface area contributed by atoms with Crippen LogP contribution in [0.25, 0.3) is 0 Å². The molecular weight excluding hydrogens is 257 g/mol. The quantitative estimate of drug-likeness (QED) is 0.387. The number of aliphatic hydroxyl groups is 1. The Bertz CT molecular complexity index is 413. The smallest absolute Gasteiger partial charge is 0.0768 e. The zero-order chi connectivity index (χ0) is 13.7. The molecule has 5 heteroatoms. The van der Waals surface area contributed by atoms with Crippen molar-refractivity contribution in [2.45, 2.75) is 36.3 Å². The summed E-state index contributed by atoms with van der Waals surface area (Å²) in [6.45, 7) is 0. The van der Waals surface area contributed by atoms with Crippen molar-refractivity contribution in [1.29, 1.82) is 0 Å². The van der Waals surface area contributed by atoms with Crippen LogP contribution in [0.4, 0.5) is 0 Å². The molecule has 3 aliphatic rings. The lowest BCUT2D eigenvalue weighted by atomic mass is 9.58. The van der Waals surface area contributed by atoms with E-state index in [1.165, 1.54) is 0 Å². The van der Waals surface area contributed by atoms with Crippen molar-refractivity contribution < 1.29 is 5.11 Å². The van der Waals surface area contributed by atoms with Gasteiger partial charge in [-0.3, -0.25) is 0 Å². The molecule has 3 aliphatic carbocycles. The molecule has 0 saturated heterocycles. The van der Waals surface area contributed by atoms with Crippen LogP contribution >= 0.6 is 9.24 Å². The van der Waals surface area contributed by atoms with E-state index in [2.05, 4.69) is 21.4 Å². The van der Waals surface area contributed by atoms with Crippen molar-refractivity contribution in [3.8, 4) is 0 Å². The van der Waals surface area contributed by atoms with E-state index in [0.29, 0.717) is 11.8 Å². The van der Waals surface area contributed by atoms with Crippen molar-refractivity contribution in [3.05, 3.63) is 24.3 Å². The van der Waals surface area contributed by atoms with Gasteiger partial charge in [0.15, 0.2) is 0 Å². The number of fused-ring (bicyclic) bond motifs is 1. The summed E-state index contributed by atoms with van der Waals surface area (Å²) in [5, 5.41) is 10.3. The fraction of sp³-hybridized carbons (Fsp3) is 0.714. The van der Waals surface area contributed by atoms with Crippen LogP contribution in [-0.4, -0.2) is 35.0 Å². The zero-order valence-corrected chi connectivity index (χ0v) is 12.1. The van der Waals surface area contributed by atoms with E-state index in [1.807, 2.05) is 6.08 Å². The van der Waals surface area contributed by atoms with Crippen molar-refractivity contribution in [2.24, 2.45) is 40.9 Å². The van der Waals surface area contributed by atoms with Gasteiger partial charge in [0.1, 0.15) is 0 Å². The number of aliphatic hydroxyl groups excluding tert-OH is 1. The fourth-order valence-electron chi connectivity index (χ4n) is 4.16. The maximum atomic E-state index is 10.3. The van der Waals surface area contributed by atoms with Crippen molar-refractivity contribution in [1.82, 2.24) is 0 Å².